The molecule has 126 valence electrons. The zero-order chi connectivity index (χ0) is 17.4. The van der Waals surface area contributed by atoms with Gasteiger partial charge in [-0.2, -0.15) is 0 Å². The van der Waals surface area contributed by atoms with Crippen LogP contribution in [0.5, 0.6) is 0 Å². The van der Waals surface area contributed by atoms with Gasteiger partial charge in [-0.05, 0) is 42.7 Å². The molecular formula is C20H18N2O3. The number of carbonyl (C=O) groups is 3. The molecule has 2 heterocycles. The second-order valence-electron chi connectivity index (χ2n) is 6.44. The van der Waals surface area contributed by atoms with E-state index in [-0.39, 0.29) is 24.3 Å². The van der Waals surface area contributed by atoms with Gasteiger partial charge in [-0.3, -0.25) is 19.3 Å². The number of rotatable bonds is 3. The van der Waals surface area contributed by atoms with E-state index in [1.54, 1.807) is 42.5 Å². The van der Waals surface area contributed by atoms with E-state index in [0.29, 0.717) is 16.7 Å². The molecule has 2 aliphatic rings. The molecule has 2 aromatic rings. The molecule has 25 heavy (non-hydrogen) atoms. The van der Waals surface area contributed by atoms with Gasteiger partial charge in [-0.15, -0.1) is 0 Å². The molecule has 0 unspecified atom stereocenters. The Morgan fingerprint density at radius 1 is 0.880 bits per heavy atom. The van der Waals surface area contributed by atoms with Crippen LogP contribution in [0.25, 0.3) is 0 Å². The van der Waals surface area contributed by atoms with Crippen LogP contribution in [0.4, 0.5) is 0 Å². The number of likely N-dealkylation sites (tertiary alicyclic amines) is 1. The number of nitrogens with zero attached hydrogens (tertiary/aromatic N) is 2. The van der Waals surface area contributed by atoms with Crippen molar-refractivity contribution in [1.29, 1.82) is 0 Å². The summed E-state index contributed by atoms with van der Waals surface area (Å²) in [5.41, 5.74) is 2.27. The molecule has 0 bridgehead atoms. The van der Waals surface area contributed by atoms with Crippen LogP contribution in [0.1, 0.15) is 49.5 Å². The minimum Gasteiger partial charge on any atom is -0.339 e. The minimum absolute atomic E-state index is 0.0155. The molecule has 0 spiro atoms. The zero-order valence-corrected chi connectivity index (χ0v) is 13.8. The smallest absolute Gasteiger partial charge is 0.261 e. The molecule has 2 aliphatic heterocycles. The van der Waals surface area contributed by atoms with Crippen molar-refractivity contribution in [3.05, 3.63) is 70.8 Å². The van der Waals surface area contributed by atoms with E-state index in [1.165, 1.54) is 4.90 Å². The van der Waals surface area contributed by atoms with Crippen LogP contribution in [0.2, 0.25) is 0 Å². The van der Waals surface area contributed by atoms with Crippen LogP contribution in [0.15, 0.2) is 48.5 Å². The van der Waals surface area contributed by atoms with Crippen LogP contribution in [-0.2, 0) is 6.54 Å². The van der Waals surface area contributed by atoms with Crippen molar-refractivity contribution < 1.29 is 14.4 Å². The van der Waals surface area contributed by atoms with E-state index in [1.807, 2.05) is 11.0 Å². The van der Waals surface area contributed by atoms with Crippen molar-refractivity contribution in [1.82, 2.24) is 9.80 Å². The Balaban J connectivity index is 1.56. The van der Waals surface area contributed by atoms with E-state index >= 15 is 0 Å². The maximum atomic E-state index is 12.5. The highest BCUT2D eigenvalue weighted by molar-refractivity contribution is 6.21. The second-order valence-corrected chi connectivity index (χ2v) is 6.44. The predicted octanol–water partition coefficient (Wildman–Crippen LogP) is 2.72. The Bertz CT molecular complexity index is 834. The van der Waals surface area contributed by atoms with Crippen molar-refractivity contribution in [3.8, 4) is 0 Å². The minimum atomic E-state index is -0.281. The van der Waals surface area contributed by atoms with E-state index in [0.717, 1.165) is 31.5 Å². The van der Waals surface area contributed by atoms with Gasteiger partial charge in [0.1, 0.15) is 0 Å². The summed E-state index contributed by atoms with van der Waals surface area (Å²) in [5.74, 6) is -0.546. The van der Waals surface area contributed by atoms with Crippen molar-refractivity contribution in [3.63, 3.8) is 0 Å². The third kappa shape index (κ3) is 2.71. The highest BCUT2D eigenvalue weighted by atomic mass is 16.2. The molecule has 0 saturated carbocycles. The molecule has 2 aromatic carbocycles. The molecule has 0 radical (unpaired) electrons. The van der Waals surface area contributed by atoms with E-state index in [9.17, 15) is 14.4 Å². The standard InChI is InChI=1S/C20H18N2O3/c23-18(21-10-3-4-11-21)15-7-5-6-14(12-15)13-22-19(24)16-8-1-2-9-17(16)20(22)25/h1-2,5-9,12H,3-4,10-11,13H2. The molecule has 3 amide bonds. The van der Waals surface area contributed by atoms with Crippen LogP contribution in [-0.4, -0.2) is 40.6 Å². The summed E-state index contributed by atoms with van der Waals surface area (Å²) in [5, 5.41) is 0. The van der Waals surface area contributed by atoms with Gasteiger partial charge >= 0.3 is 0 Å². The van der Waals surface area contributed by atoms with Crippen LogP contribution < -0.4 is 0 Å². The SMILES string of the molecule is O=C(c1cccc(CN2C(=O)c3ccccc3C2=O)c1)N1CCCC1. The average molecular weight is 334 g/mol. The molecule has 0 atom stereocenters. The van der Waals surface area contributed by atoms with Gasteiger partial charge in [-0.25, -0.2) is 0 Å². The number of benzene rings is 2. The first-order chi connectivity index (χ1) is 12.1. The van der Waals surface area contributed by atoms with E-state index in [4.69, 9.17) is 0 Å². The third-order valence-electron chi connectivity index (χ3n) is 4.79. The number of hydrogen-bond donors (Lipinski definition) is 0. The Morgan fingerprint density at radius 3 is 2.16 bits per heavy atom. The molecule has 0 aromatic heterocycles. The molecule has 4 rings (SSSR count). The molecule has 1 saturated heterocycles. The largest absolute Gasteiger partial charge is 0.339 e. The number of amides is 3. The van der Waals surface area contributed by atoms with Crippen molar-refractivity contribution in [2.75, 3.05) is 13.1 Å². The second kappa shape index (κ2) is 6.16. The van der Waals surface area contributed by atoms with Gasteiger partial charge in [-0.1, -0.05) is 24.3 Å². The summed E-state index contributed by atoms with van der Waals surface area (Å²) in [4.78, 5) is 40.5. The molecule has 1 fully saturated rings. The Labute approximate surface area is 145 Å². The first kappa shape index (κ1) is 15.6. The lowest BCUT2D eigenvalue weighted by molar-refractivity contribution is 0.0642. The fourth-order valence-electron chi connectivity index (χ4n) is 3.47. The van der Waals surface area contributed by atoms with Crippen LogP contribution in [0, 0.1) is 0 Å². The van der Waals surface area contributed by atoms with Gasteiger partial charge in [0.25, 0.3) is 17.7 Å². The predicted molar refractivity (Wildman–Crippen MR) is 92.2 cm³/mol. The summed E-state index contributed by atoms with van der Waals surface area (Å²) in [6, 6.07) is 14.1. The zero-order valence-electron chi connectivity index (χ0n) is 13.8. The number of hydrogen-bond acceptors (Lipinski definition) is 3. The van der Waals surface area contributed by atoms with Gasteiger partial charge in [0.05, 0.1) is 17.7 Å². The fraction of sp³-hybridized carbons (Fsp3) is 0.250. The lowest BCUT2D eigenvalue weighted by atomic mass is 10.1. The van der Waals surface area contributed by atoms with Crippen molar-refractivity contribution in [2.45, 2.75) is 19.4 Å². The molecule has 5 heteroatoms. The highest BCUT2D eigenvalue weighted by Gasteiger charge is 2.35. The Hall–Kier alpha value is -2.95. The lowest BCUT2D eigenvalue weighted by Gasteiger charge is -2.17. The van der Waals surface area contributed by atoms with Crippen LogP contribution >= 0.6 is 0 Å². The topological polar surface area (TPSA) is 57.7 Å². The lowest BCUT2D eigenvalue weighted by Crippen LogP contribution is -2.30. The first-order valence-corrected chi connectivity index (χ1v) is 8.48. The van der Waals surface area contributed by atoms with Gasteiger partial charge in [0.15, 0.2) is 0 Å². The van der Waals surface area contributed by atoms with E-state index in [2.05, 4.69) is 0 Å². The summed E-state index contributed by atoms with van der Waals surface area (Å²) in [6.07, 6.45) is 2.08. The number of imide groups is 1. The first-order valence-electron chi connectivity index (χ1n) is 8.48. The van der Waals surface area contributed by atoms with Gasteiger partial charge in [0.2, 0.25) is 0 Å². The van der Waals surface area contributed by atoms with Gasteiger partial charge < -0.3 is 4.90 Å². The van der Waals surface area contributed by atoms with E-state index < -0.39 is 0 Å². The van der Waals surface area contributed by atoms with Crippen molar-refractivity contribution >= 4 is 17.7 Å². The summed E-state index contributed by atoms with van der Waals surface area (Å²) >= 11 is 0. The molecule has 0 aliphatic carbocycles. The van der Waals surface area contributed by atoms with Crippen molar-refractivity contribution in [2.24, 2.45) is 0 Å². The Kier molecular flexibility index (Phi) is 3.84. The summed E-state index contributed by atoms with van der Waals surface area (Å²) in [6.45, 7) is 1.76. The number of carbonyl (C=O) groups excluding carboxylic acids is 3. The molecule has 0 N–H and O–H groups in total. The monoisotopic (exact) mass is 334 g/mol. The average Bonchev–Trinajstić information content (AvgIpc) is 3.26. The molecular weight excluding hydrogens is 316 g/mol. The number of fused-ring (bicyclic) bond motifs is 1. The van der Waals surface area contributed by atoms with Crippen LogP contribution in [0.3, 0.4) is 0 Å². The summed E-state index contributed by atoms with van der Waals surface area (Å²) in [7, 11) is 0. The Morgan fingerprint density at radius 2 is 1.52 bits per heavy atom. The third-order valence-corrected chi connectivity index (χ3v) is 4.79. The summed E-state index contributed by atoms with van der Waals surface area (Å²) < 4.78 is 0. The highest BCUT2D eigenvalue weighted by Crippen LogP contribution is 2.24. The quantitative estimate of drug-likeness (QED) is 0.811. The maximum absolute atomic E-state index is 12.5. The fourth-order valence-corrected chi connectivity index (χ4v) is 3.47. The maximum Gasteiger partial charge on any atom is 0.261 e. The molecule has 5 nitrogen and oxygen atoms in total. The normalized spacial score (nSPS) is 16.5. The van der Waals surface area contributed by atoms with Gasteiger partial charge in [0, 0.05) is 18.7 Å².